The van der Waals surface area contributed by atoms with Gasteiger partial charge < -0.3 is 15.4 Å². The van der Waals surface area contributed by atoms with Crippen LogP contribution in [-0.2, 0) is 0 Å². The number of rotatable bonds is 0. The zero-order chi connectivity index (χ0) is 9.76. The summed E-state index contributed by atoms with van der Waals surface area (Å²) in [7, 11) is 0. The second-order valence-electron chi connectivity index (χ2n) is 3.59. The van der Waals surface area contributed by atoms with Gasteiger partial charge in [0.1, 0.15) is 0 Å². The summed E-state index contributed by atoms with van der Waals surface area (Å²) < 4.78 is 0. The number of fused-ring (bicyclic) bond motifs is 3. The fourth-order valence-electron chi connectivity index (χ4n) is 1.78. The van der Waals surface area contributed by atoms with Crippen LogP contribution in [0.5, 0.6) is 0 Å². The van der Waals surface area contributed by atoms with Crippen molar-refractivity contribution in [3.8, 4) is 0 Å². The second kappa shape index (κ2) is 2.46. The van der Waals surface area contributed by atoms with Gasteiger partial charge in [0.15, 0.2) is 5.06 Å². The minimum Gasteiger partial charge on any atom is -0.362 e. The van der Waals surface area contributed by atoms with Crippen LogP contribution in [0, 0.1) is 0 Å². The molecule has 2 aromatic rings. The molecule has 1 unspecified atom stereocenters. The van der Waals surface area contributed by atoms with E-state index in [0.29, 0.717) is 0 Å². The van der Waals surface area contributed by atoms with Crippen LogP contribution in [0.1, 0.15) is 6.92 Å². The summed E-state index contributed by atoms with van der Waals surface area (Å²) in [6.07, 6.45) is 1.92. The van der Waals surface area contributed by atoms with Crippen LogP contribution in [0.4, 0.5) is 5.69 Å². The van der Waals surface area contributed by atoms with E-state index in [9.17, 15) is 5.11 Å². The summed E-state index contributed by atoms with van der Waals surface area (Å²) in [5, 5.41) is 13.2. The van der Waals surface area contributed by atoms with Gasteiger partial charge in [0, 0.05) is 11.6 Å². The van der Waals surface area contributed by atoms with Gasteiger partial charge in [-0.05, 0) is 19.1 Å². The minimum absolute atomic E-state index is 0.887. The van der Waals surface area contributed by atoms with Crippen LogP contribution in [0.25, 0.3) is 10.9 Å². The van der Waals surface area contributed by atoms with Crippen molar-refractivity contribution >= 4 is 28.4 Å². The number of aromatic nitrogens is 1. The van der Waals surface area contributed by atoms with Crippen LogP contribution < -0.4 is 5.32 Å². The number of aromatic amines is 1. The Morgan fingerprint density at radius 3 is 3.07 bits per heavy atom. The smallest absolute Gasteiger partial charge is 0.186 e. The molecule has 0 radical (unpaired) electrons. The van der Waals surface area contributed by atoms with E-state index in [-0.39, 0.29) is 0 Å². The predicted octanol–water partition coefficient (Wildman–Crippen LogP) is 2.35. The lowest BCUT2D eigenvalue weighted by Gasteiger charge is -2.14. The summed E-state index contributed by atoms with van der Waals surface area (Å²) in [6.45, 7) is 1.76. The SMILES string of the molecule is CC1(O)Nc2ccc3cc[nH]c3c2S1. The molecule has 14 heavy (non-hydrogen) atoms. The second-order valence-corrected chi connectivity index (χ2v) is 5.00. The molecule has 3 nitrogen and oxygen atoms in total. The maximum Gasteiger partial charge on any atom is 0.186 e. The Hall–Kier alpha value is -1.13. The first-order valence-corrected chi connectivity index (χ1v) is 5.27. The number of thioether (sulfide) groups is 1. The molecule has 1 aliphatic heterocycles. The lowest BCUT2D eigenvalue weighted by molar-refractivity contribution is 0.191. The maximum absolute atomic E-state index is 9.85. The van der Waals surface area contributed by atoms with Crippen molar-refractivity contribution in [3.63, 3.8) is 0 Å². The fourth-order valence-corrected chi connectivity index (χ4v) is 2.85. The third kappa shape index (κ3) is 1.04. The van der Waals surface area contributed by atoms with Crippen molar-refractivity contribution in [2.24, 2.45) is 0 Å². The van der Waals surface area contributed by atoms with Gasteiger partial charge in [0.2, 0.25) is 0 Å². The molecule has 0 saturated carbocycles. The zero-order valence-electron chi connectivity index (χ0n) is 7.66. The molecular formula is C10H10N2OS. The molecule has 4 heteroatoms. The van der Waals surface area contributed by atoms with E-state index in [2.05, 4.69) is 10.3 Å². The van der Waals surface area contributed by atoms with Gasteiger partial charge in [-0.25, -0.2) is 0 Å². The Bertz CT molecular complexity index is 504. The van der Waals surface area contributed by atoms with Gasteiger partial charge >= 0.3 is 0 Å². The van der Waals surface area contributed by atoms with Gasteiger partial charge in [-0.3, -0.25) is 0 Å². The minimum atomic E-state index is -0.887. The van der Waals surface area contributed by atoms with Crippen molar-refractivity contribution in [1.29, 1.82) is 0 Å². The van der Waals surface area contributed by atoms with Crippen LogP contribution in [0.2, 0.25) is 0 Å². The molecule has 0 spiro atoms. The fraction of sp³-hybridized carbons (Fsp3) is 0.200. The van der Waals surface area contributed by atoms with Crippen LogP contribution in [0.15, 0.2) is 29.3 Å². The molecular weight excluding hydrogens is 196 g/mol. The normalized spacial score (nSPS) is 25.0. The third-order valence-corrected chi connectivity index (χ3v) is 3.48. The van der Waals surface area contributed by atoms with E-state index in [0.717, 1.165) is 16.1 Å². The molecule has 0 saturated heterocycles. The quantitative estimate of drug-likeness (QED) is 0.620. The first kappa shape index (κ1) is 8.20. The Morgan fingerprint density at radius 2 is 2.21 bits per heavy atom. The van der Waals surface area contributed by atoms with Crippen molar-refractivity contribution in [3.05, 3.63) is 24.4 Å². The Kier molecular flexibility index (Phi) is 1.44. The molecule has 1 atom stereocenters. The maximum atomic E-state index is 9.85. The van der Waals surface area contributed by atoms with E-state index in [1.54, 1.807) is 6.92 Å². The first-order valence-electron chi connectivity index (χ1n) is 4.45. The van der Waals surface area contributed by atoms with E-state index >= 15 is 0 Å². The van der Waals surface area contributed by atoms with Crippen LogP contribution >= 0.6 is 11.8 Å². The molecule has 0 aliphatic carbocycles. The average molecular weight is 206 g/mol. The molecule has 72 valence electrons. The molecule has 3 N–H and O–H groups in total. The number of hydrogen-bond acceptors (Lipinski definition) is 3. The largest absolute Gasteiger partial charge is 0.362 e. The molecule has 1 aliphatic rings. The van der Waals surface area contributed by atoms with Gasteiger partial charge in [0.05, 0.1) is 16.1 Å². The molecule has 2 heterocycles. The highest BCUT2D eigenvalue weighted by atomic mass is 32.2. The monoisotopic (exact) mass is 206 g/mol. The van der Waals surface area contributed by atoms with E-state index in [1.807, 2.05) is 24.4 Å². The predicted molar refractivity (Wildman–Crippen MR) is 58.4 cm³/mol. The lowest BCUT2D eigenvalue weighted by atomic mass is 10.2. The molecule has 1 aromatic heterocycles. The third-order valence-electron chi connectivity index (χ3n) is 2.35. The number of H-pyrrole nitrogens is 1. The molecule has 0 amide bonds. The number of hydrogen-bond donors (Lipinski definition) is 3. The molecule has 0 bridgehead atoms. The summed E-state index contributed by atoms with van der Waals surface area (Å²) >= 11 is 1.44. The van der Waals surface area contributed by atoms with Gasteiger partial charge in [-0.2, -0.15) is 0 Å². The highest BCUT2D eigenvalue weighted by molar-refractivity contribution is 8.01. The van der Waals surface area contributed by atoms with Crippen molar-refractivity contribution in [1.82, 2.24) is 4.98 Å². The summed E-state index contributed by atoms with van der Waals surface area (Å²) in [5.41, 5.74) is 2.09. The van der Waals surface area contributed by atoms with Gasteiger partial charge in [-0.15, -0.1) is 0 Å². The van der Waals surface area contributed by atoms with Crippen molar-refractivity contribution in [2.45, 2.75) is 16.9 Å². The molecule has 1 aromatic carbocycles. The zero-order valence-corrected chi connectivity index (χ0v) is 8.48. The number of aliphatic hydroxyl groups is 1. The van der Waals surface area contributed by atoms with Crippen molar-refractivity contribution < 1.29 is 5.11 Å². The van der Waals surface area contributed by atoms with E-state index < -0.39 is 5.06 Å². The summed E-state index contributed by atoms with van der Waals surface area (Å²) in [5.74, 6) is 0. The highest BCUT2D eigenvalue weighted by Gasteiger charge is 2.32. The Morgan fingerprint density at radius 1 is 1.36 bits per heavy atom. The molecule has 0 fully saturated rings. The number of benzene rings is 1. The summed E-state index contributed by atoms with van der Waals surface area (Å²) in [6, 6.07) is 6.07. The number of anilines is 1. The van der Waals surface area contributed by atoms with Crippen LogP contribution in [-0.4, -0.2) is 15.1 Å². The highest BCUT2D eigenvalue weighted by Crippen LogP contribution is 2.46. The molecule has 3 rings (SSSR count). The standard InChI is InChI=1S/C10H10N2OS/c1-10(13)12-7-3-2-6-4-5-11-8(6)9(7)14-10/h2-5,11-13H,1H3. The van der Waals surface area contributed by atoms with Gasteiger partial charge in [0.25, 0.3) is 0 Å². The van der Waals surface area contributed by atoms with Gasteiger partial charge in [-0.1, -0.05) is 17.8 Å². The topological polar surface area (TPSA) is 48.0 Å². The van der Waals surface area contributed by atoms with Crippen molar-refractivity contribution in [2.75, 3.05) is 5.32 Å². The van der Waals surface area contributed by atoms with E-state index in [4.69, 9.17) is 0 Å². The Labute approximate surface area is 85.5 Å². The number of nitrogens with one attached hydrogen (secondary N) is 2. The first-order chi connectivity index (χ1) is 6.66. The summed E-state index contributed by atoms with van der Waals surface area (Å²) in [4.78, 5) is 4.28. The van der Waals surface area contributed by atoms with Crippen LogP contribution in [0.3, 0.4) is 0 Å². The Balaban J connectivity index is 2.29. The van der Waals surface area contributed by atoms with E-state index in [1.165, 1.54) is 17.1 Å². The average Bonchev–Trinajstić information content (AvgIpc) is 2.64. The lowest BCUT2D eigenvalue weighted by Crippen LogP contribution is -2.25.